The number of nitrogens with zero attached hydrogens (tertiary/aromatic N) is 2. The summed E-state index contributed by atoms with van der Waals surface area (Å²) < 4.78 is 19.8. The molecule has 0 unspecified atom stereocenters. The second-order valence-corrected chi connectivity index (χ2v) is 6.91. The van der Waals surface area contributed by atoms with Crippen molar-refractivity contribution in [2.24, 2.45) is 0 Å². The van der Waals surface area contributed by atoms with Crippen LogP contribution in [0.3, 0.4) is 0 Å². The highest BCUT2D eigenvalue weighted by Gasteiger charge is 2.33. The van der Waals surface area contributed by atoms with Crippen molar-refractivity contribution in [1.29, 1.82) is 0 Å². The molecular formula is C23H21FN2O2. The molecule has 3 aromatic rings. The molecule has 4 nitrogen and oxygen atoms in total. The largest absolute Gasteiger partial charge is 0.473 e. The van der Waals surface area contributed by atoms with Crippen LogP contribution in [0, 0.1) is 5.82 Å². The van der Waals surface area contributed by atoms with E-state index in [0.29, 0.717) is 23.6 Å². The summed E-state index contributed by atoms with van der Waals surface area (Å²) in [6.07, 6.45) is 3.47. The van der Waals surface area contributed by atoms with Gasteiger partial charge in [-0.15, -0.1) is 0 Å². The molecule has 1 saturated carbocycles. The number of carbonyl (C=O) groups is 1. The van der Waals surface area contributed by atoms with E-state index in [-0.39, 0.29) is 24.3 Å². The van der Waals surface area contributed by atoms with E-state index >= 15 is 0 Å². The number of carbonyl (C=O) groups excluding carboxylic acids is 1. The van der Waals surface area contributed by atoms with Crippen LogP contribution in [0.1, 0.15) is 34.3 Å². The van der Waals surface area contributed by atoms with Gasteiger partial charge in [0, 0.05) is 36.0 Å². The number of amides is 1. The minimum absolute atomic E-state index is 0.127. The molecule has 142 valence electrons. The van der Waals surface area contributed by atoms with Gasteiger partial charge in [0.05, 0.1) is 0 Å². The smallest absolute Gasteiger partial charge is 0.254 e. The average Bonchev–Trinajstić information content (AvgIpc) is 3.57. The third-order valence-electron chi connectivity index (χ3n) is 4.76. The van der Waals surface area contributed by atoms with Crippen molar-refractivity contribution < 1.29 is 13.9 Å². The maximum Gasteiger partial charge on any atom is 0.254 e. The summed E-state index contributed by atoms with van der Waals surface area (Å²) in [7, 11) is 0. The Morgan fingerprint density at radius 3 is 2.57 bits per heavy atom. The van der Waals surface area contributed by atoms with E-state index in [9.17, 15) is 9.18 Å². The van der Waals surface area contributed by atoms with Crippen molar-refractivity contribution in [3.05, 3.63) is 95.4 Å². The fourth-order valence-electron chi connectivity index (χ4n) is 3.08. The van der Waals surface area contributed by atoms with Gasteiger partial charge in [0.1, 0.15) is 12.4 Å². The molecule has 0 saturated heterocycles. The number of hydrogen-bond acceptors (Lipinski definition) is 3. The maximum atomic E-state index is 14.1. The third-order valence-corrected chi connectivity index (χ3v) is 4.76. The number of aromatic nitrogens is 1. The van der Waals surface area contributed by atoms with Crippen LogP contribution >= 0.6 is 0 Å². The predicted octanol–water partition coefficient (Wildman–Crippen LogP) is 4.60. The number of rotatable bonds is 7. The molecule has 0 aliphatic heterocycles. The number of benzene rings is 2. The molecule has 1 heterocycles. The topological polar surface area (TPSA) is 42.4 Å². The van der Waals surface area contributed by atoms with Gasteiger partial charge in [-0.3, -0.25) is 4.79 Å². The molecule has 28 heavy (non-hydrogen) atoms. The number of pyridine rings is 1. The average molecular weight is 376 g/mol. The fraction of sp³-hybridized carbons (Fsp3) is 0.217. The van der Waals surface area contributed by atoms with Gasteiger partial charge in [0.2, 0.25) is 5.88 Å². The number of hydrogen-bond donors (Lipinski definition) is 0. The molecule has 0 N–H and O–H groups in total. The standard InChI is InChI=1S/C23H21FN2O2/c24-21-9-5-4-8-19(21)15-26(20-10-11-20)23(27)18-12-13-25-22(14-18)28-16-17-6-2-1-3-7-17/h1-9,12-14,20H,10-11,15-16H2. The first-order valence-electron chi connectivity index (χ1n) is 9.38. The normalized spacial score (nSPS) is 13.2. The van der Waals surface area contributed by atoms with Crippen molar-refractivity contribution in [3.8, 4) is 5.88 Å². The van der Waals surface area contributed by atoms with Crippen molar-refractivity contribution in [2.75, 3.05) is 0 Å². The van der Waals surface area contributed by atoms with Crippen LogP contribution in [0.15, 0.2) is 72.9 Å². The van der Waals surface area contributed by atoms with E-state index in [2.05, 4.69) is 4.98 Å². The molecule has 1 aliphatic rings. The molecule has 0 spiro atoms. The van der Waals surface area contributed by atoms with Crippen LogP contribution in [0.5, 0.6) is 5.88 Å². The van der Waals surface area contributed by atoms with Crippen LogP contribution in [0.2, 0.25) is 0 Å². The first-order valence-corrected chi connectivity index (χ1v) is 9.38. The minimum Gasteiger partial charge on any atom is -0.473 e. The summed E-state index contributed by atoms with van der Waals surface area (Å²) in [5.74, 6) is -0.0170. The first-order chi connectivity index (χ1) is 13.7. The van der Waals surface area contributed by atoms with Gasteiger partial charge in [-0.05, 0) is 30.5 Å². The van der Waals surface area contributed by atoms with Crippen LogP contribution in [0.4, 0.5) is 4.39 Å². The molecule has 2 aromatic carbocycles. The van der Waals surface area contributed by atoms with Gasteiger partial charge in [-0.25, -0.2) is 9.37 Å². The van der Waals surface area contributed by atoms with Gasteiger partial charge in [-0.1, -0.05) is 48.5 Å². The Bertz CT molecular complexity index is 958. The van der Waals surface area contributed by atoms with E-state index in [1.54, 1.807) is 41.4 Å². The summed E-state index contributed by atoms with van der Waals surface area (Å²) in [6.45, 7) is 0.645. The van der Waals surface area contributed by atoms with Gasteiger partial charge in [0.25, 0.3) is 5.91 Å². The Morgan fingerprint density at radius 1 is 1.07 bits per heavy atom. The molecule has 1 aliphatic carbocycles. The highest BCUT2D eigenvalue weighted by atomic mass is 19.1. The first kappa shape index (κ1) is 18.2. The monoisotopic (exact) mass is 376 g/mol. The molecule has 5 heteroatoms. The van der Waals surface area contributed by atoms with Gasteiger partial charge in [0.15, 0.2) is 0 Å². The summed E-state index contributed by atoms with van der Waals surface area (Å²) >= 11 is 0. The summed E-state index contributed by atoms with van der Waals surface area (Å²) in [5.41, 5.74) is 2.05. The molecular weight excluding hydrogens is 355 g/mol. The van der Waals surface area contributed by atoms with E-state index < -0.39 is 0 Å². The van der Waals surface area contributed by atoms with Crippen molar-refractivity contribution in [2.45, 2.75) is 32.0 Å². The van der Waals surface area contributed by atoms with Crippen LogP contribution < -0.4 is 4.74 Å². The van der Waals surface area contributed by atoms with Crippen molar-refractivity contribution in [3.63, 3.8) is 0 Å². The van der Waals surface area contributed by atoms with Crippen LogP contribution in [-0.4, -0.2) is 21.8 Å². The molecule has 0 atom stereocenters. The van der Waals surface area contributed by atoms with Gasteiger partial charge in [-0.2, -0.15) is 0 Å². The molecule has 1 amide bonds. The van der Waals surface area contributed by atoms with Gasteiger partial charge >= 0.3 is 0 Å². The molecule has 0 bridgehead atoms. The quantitative estimate of drug-likeness (QED) is 0.605. The van der Waals surface area contributed by atoms with Crippen LogP contribution in [0.25, 0.3) is 0 Å². The highest BCUT2D eigenvalue weighted by molar-refractivity contribution is 5.94. The Labute approximate surface area is 163 Å². The maximum absolute atomic E-state index is 14.1. The third kappa shape index (κ3) is 4.36. The SMILES string of the molecule is O=C(c1ccnc(OCc2ccccc2)c1)N(Cc1ccccc1F)C1CC1. The Hall–Kier alpha value is -3.21. The Kier molecular flexibility index (Phi) is 5.33. The van der Waals surface area contributed by atoms with Gasteiger partial charge < -0.3 is 9.64 Å². The lowest BCUT2D eigenvalue weighted by molar-refractivity contribution is 0.0727. The number of halogens is 1. The van der Waals surface area contributed by atoms with E-state index in [1.165, 1.54) is 6.07 Å². The molecule has 1 fully saturated rings. The zero-order valence-corrected chi connectivity index (χ0v) is 15.4. The second kappa shape index (κ2) is 8.21. The molecule has 1 aromatic heterocycles. The Balaban J connectivity index is 1.49. The Morgan fingerprint density at radius 2 is 1.82 bits per heavy atom. The highest BCUT2D eigenvalue weighted by Crippen LogP contribution is 2.30. The fourth-order valence-corrected chi connectivity index (χ4v) is 3.08. The van der Waals surface area contributed by atoms with Crippen molar-refractivity contribution >= 4 is 5.91 Å². The lowest BCUT2D eigenvalue weighted by Crippen LogP contribution is -2.33. The summed E-state index contributed by atoms with van der Waals surface area (Å²) in [5, 5.41) is 0. The predicted molar refractivity (Wildman–Crippen MR) is 104 cm³/mol. The lowest BCUT2D eigenvalue weighted by Gasteiger charge is -2.23. The van der Waals surface area contributed by atoms with E-state index in [1.807, 2.05) is 30.3 Å². The van der Waals surface area contributed by atoms with E-state index in [0.717, 1.165) is 18.4 Å². The summed E-state index contributed by atoms with van der Waals surface area (Å²) in [6, 6.07) is 19.9. The molecule has 0 radical (unpaired) electrons. The second-order valence-electron chi connectivity index (χ2n) is 6.91. The zero-order valence-electron chi connectivity index (χ0n) is 15.4. The van der Waals surface area contributed by atoms with Crippen LogP contribution in [-0.2, 0) is 13.2 Å². The van der Waals surface area contributed by atoms with Crippen molar-refractivity contribution in [1.82, 2.24) is 9.88 Å². The lowest BCUT2D eigenvalue weighted by atomic mass is 10.1. The number of ether oxygens (including phenoxy) is 1. The minimum atomic E-state index is -0.289. The zero-order chi connectivity index (χ0) is 19.3. The summed E-state index contributed by atoms with van der Waals surface area (Å²) in [4.78, 5) is 19.0. The van der Waals surface area contributed by atoms with E-state index in [4.69, 9.17) is 4.74 Å². The molecule has 4 rings (SSSR count).